The van der Waals surface area contributed by atoms with Gasteiger partial charge < -0.3 is 5.11 Å². The van der Waals surface area contributed by atoms with Crippen molar-refractivity contribution in [2.45, 2.75) is 39.1 Å². The van der Waals surface area contributed by atoms with E-state index in [0.29, 0.717) is 5.01 Å². The zero-order chi connectivity index (χ0) is 17.6. The van der Waals surface area contributed by atoms with Gasteiger partial charge >= 0.3 is 6.18 Å². The number of rotatable bonds is 1. The summed E-state index contributed by atoms with van der Waals surface area (Å²) in [5.74, 6) is -0.766. The molecule has 23 heavy (non-hydrogen) atoms. The standard InChI is InChI=1S/C15H16F3IN2O2/c1-13(2,3)14(23)8-11(15(16,17)18)20-21(14)12(22)9-4-6-10(19)7-5-9/h4-7,23H,8H2,1-3H3. The van der Waals surface area contributed by atoms with Crippen LogP contribution in [0.4, 0.5) is 13.2 Å². The lowest BCUT2D eigenvalue weighted by Gasteiger charge is -2.41. The van der Waals surface area contributed by atoms with Gasteiger partial charge in [-0.05, 0) is 46.9 Å². The number of carbonyl (C=O) groups is 1. The molecule has 0 spiro atoms. The number of hydrogen-bond donors (Lipinski definition) is 1. The summed E-state index contributed by atoms with van der Waals surface area (Å²) in [6, 6.07) is 6.31. The molecule has 1 amide bonds. The lowest BCUT2D eigenvalue weighted by Crippen LogP contribution is -2.55. The molecule has 1 heterocycles. The number of benzene rings is 1. The first-order chi connectivity index (χ1) is 10.4. The summed E-state index contributed by atoms with van der Waals surface area (Å²) >= 11 is 2.05. The largest absolute Gasteiger partial charge is 0.431 e. The fourth-order valence-electron chi connectivity index (χ4n) is 2.22. The van der Waals surface area contributed by atoms with Gasteiger partial charge in [-0.3, -0.25) is 4.79 Å². The van der Waals surface area contributed by atoms with E-state index in [1.165, 1.54) is 12.1 Å². The summed E-state index contributed by atoms with van der Waals surface area (Å²) in [5, 5.41) is 14.8. The molecule has 126 valence electrons. The lowest BCUT2D eigenvalue weighted by atomic mass is 9.80. The number of hydrogen-bond acceptors (Lipinski definition) is 3. The molecule has 1 atom stereocenters. The molecule has 1 aliphatic heterocycles. The van der Waals surface area contributed by atoms with E-state index in [1.807, 2.05) is 0 Å². The Morgan fingerprint density at radius 1 is 1.26 bits per heavy atom. The van der Waals surface area contributed by atoms with Gasteiger partial charge in [0.1, 0.15) is 5.71 Å². The molecule has 0 aliphatic carbocycles. The maximum Gasteiger partial charge on any atom is 0.431 e. The van der Waals surface area contributed by atoms with Gasteiger partial charge in [0.05, 0.1) is 0 Å². The minimum Gasteiger partial charge on any atom is -0.368 e. The number of halogens is 4. The summed E-state index contributed by atoms with van der Waals surface area (Å²) in [5.41, 5.74) is -4.05. The van der Waals surface area contributed by atoms with Crippen molar-refractivity contribution in [1.82, 2.24) is 5.01 Å². The highest BCUT2D eigenvalue weighted by Crippen LogP contribution is 2.44. The Kier molecular flexibility index (Phi) is 4.53. The van der Waals surface area contributed by atoms with Gasteiger partial charge in [-0.15, -0.1) is 0 Å². The van der Waals surface area contributed by atoms with Crippen molar-refractivity contribution in [3.05, 3.63) is 33.4 Å². The number of aliphatic hydroxyl groups is 1. The molecule has 4 nitrogen and oxygen atoms in total. The third kappa shape index (κ3) is 3.37. The second kappa shape index (κ2) is 5.73. The van der Waals surface area contributed by atoms with Crippen LogP contribution in [-0.4, -0.2) is 33.6 Å². The van der Waals surface area contributed by atoms with Crippen LogP contribution in [-0.2, 0) is 0 Å². The third-order valence-corrected chi connectivity index (χ3v) is 4.52. The highest BCUT2D eigenvalue weighted by molar-refractivity contribution is 14.1. The zero-order valence-corrected chi connectivity index (χ0v) is 14.9. The van der Waals surface area contributed by atoms with Gasteiger partial charge in [-0.2, -0.15) is 23.3 Å². The highest BCUT2D eigenvalue weighted by atomic mass is 127. The van der Waals surface area contributed by atoms with Gasteiger partial charge in [0.2, 0.25) is 0 Å². The van der Waals surface area contributed by atoms with Crippen molar-refractivity contribution in [3.8, 4) is 0 Å². The molecule has 0 saturated carbocycles. The van der Waals surface area contributed by atoms with Crippen LogP contribution in [0.2, 0.25) is 0 Å². The smallest absolute Gasteiger partial charge is 0.368 e. The van der Waals surface area contributed by atoms with E-state index in [4.69, 9.17) is 0 Å². The van der Waals surface area contributed by atoms with Gasteiger partial charge in [-0.25, -0.2) is 0 Å². The lowest BCUT2D eigenvalue weighted by molar-refractivity contribution is -0.144. The normalized spacial score (nSPS) is 22.3. The van der Waals surface area contributed by atoms with Crippen LogP contribution in [0.15, 0.2) is 29.4 Å². The van der Waals surface area contributed by atoms with E-state index in [9.17, 15) is 23.1 Å². The second-order valence-electron chi connectivity index (χ2n) is 6.41. The SMILES string of the molecule is CC(C)(C)C1(O)CC(C(F)(F)F)=NN1C(=O)c1ccc(I)cc1. The van der Waals surface area contributed by atoms with Crippen LogP contribution in [0.1, 0.15) is 37.6 Å². The molecule has 0 fully saturated rings. The van der Waals surface area contributed by atoms with E-state index in [1.54, 1.807) is 32.9 Å². The van der Waals surface area contributed by atoms with Crippen molar-refractivity contribution >= 4 is 34.2 Å². The molecule has 1 aromatic rings. The number of amides is 1. The Morgan fingerprint density at radius 2 is 1.78 bits per heavy atom. The number of alkyl halides is 3. The monoisotopic (exact) mass is 440 g/mol. The van der Waals surface area contributed by atoms with Crippen LogP contribution < -0.4 is 0 Å². The molecule has 8 heteroatoms. The first kappa shape index (κ1) is 18.2. The van der Waals surface area contributed by atoms with Crippen LogP contribution in [0, 0.1) is 8.99 Å². The van der Waals surface area contributed by atoms with E-state index < -0.39 is 35.4 Å². The molecule has 0 bridgehead atoms. The Balaban J connectivity index is 2.48. The third-order valence-electron chi connectivity index (χ3n) is 3.80. The second-order valence-corrected chi connectivity index (χ2v) is 7.66. The highest BCUT2D eigenvalue weighted by Gasteiger charge is 2.57. The average Bonchev–Trinajstić information content (AvgIpc) is 2.78. The van der Waals surface area contributed by atoms with Crippen LogP contribution >= 0.6 is 22.6 Å². The van der Waals surface area contributed by atoms with Crippen LogP contribution in [0.25, 0.3) is 0 Å². The molecule has 0 radical (unpaired) electrons. The Morgan fingerprint density at radius 3 is 2.22 bits per heavy atom. The van der Waals surface area contributed by atoms with Gasteiger partial charge in [-0.1, -0.05) is 20.8 Å². The molecule has 1 N–H and O–H groups in total. The predicted molar refractivity (Wildman–Crippen MR) is 87.8 cm³/mol. The first-order valence-corrected chi connectivity index (χ1v) is 7.91. The van der Waals surface area contributed by atoms with Gasteiger partial charge in [0.25, 0.3) is 5.91 Å². The topological polar surface area (TPSA) is 52.9 Å². The molecule has 2 rings (SSSR count). The van der Waals surface area contributed by atoms with E-state index in [0.717, 1.165) is 3.57 Å². The fraction of sp³-hybridized carbons (Fsp3) is 0.467. The quantitative estimate of drug-likeness (QED) is 0.676. The summed E-state index contributed by atoms with van der Waals surface area (Å²) < 4.78 is 39.9. The van der Waals surface area contributed by atoms with Crippen molar-refractivity contribution in [1.29, 1.82) is 0 Å². The van der Waals surface area contributed by atoms with Gasteiger partial charge in [0.15, 0.2) is 5.72 Å². The molecule has 1 aliphatic rings. The molecule has 1 aromatic carbocycles. The molecule has 0 saturated heterocycles. The van der Waals surface area contributed by atoms with Crippen LogP contribution in [0.3, 0.4) is 0 Å². The molecular weight excluding hydrogens is 424 g/mol. The fourth-order valence-corrected chi connectivity index (χ4v) is 2.57. The summed E-state index contributed by atoms with van der Waals surface area (Å²) in [6.07, 6.45) is -5.45. The molecular formula is C15H16F3IN2O2. The summed E-state index contributed by atoms with van der Waals surface area (Å²) in [4.78, 5) is 12.6. The first-order valence-electron chi connectivity index (χ1n) is 6.83. The van der Waals surface area contributed by atoms with Crippen molar-refractivity contribution in [2.24, 2.45) is 10.5 Å². The van der Waals surface area contributed by atoms with E-state index >= 15 is 0 Å². The molecule has 1 unspecified atom stereocenters. The number of nitrogens with zero attached hydrogens (tertiary/aromatic N) is 2. The summed E-state index contributed by atoms with van der Waals surface area (Å²) in [6.45, 7) is 4.70. The van der Waals surface area contributed by atoms with Crippen LogP contribution in [0.5, 0.6) is 0 Å². The van der Waals surface area contributed by atoms with E-state index in [2.05, 4.69) is 27.7 Å². The number of hydrazone groups is 1. The van der Waals surface area contributed by atoms with E-state index in [-0.39, 0.29) is 5.56 Å². The molecule has 0 aromatic heterocycles. The Labute approximate surface area is 145 Å². The number of carbonyl (C=O) groups excluding carboxylic acids is 1. The van der Waals surface area contributed by atoms with Crippen molar-refractivity contribution in [3.63, 3.8) is 0 Å². The average molecular weight is 440 g/mol. The zero-order valence-electron chi connectivity index (χ0n) is 12.8. The Hall–Kier alpha value is -1.16. The minimum atomic E-state index is -4.69. The maximum atomic E-state index is 13.0. The maximum absolute atomic E-state index is 13.0. The van der Waals surface area contributed by atoms with Crippen molar-refractivity contribution in [2.75, 3.05) is 0 Å². The minimum absolute atomic E-state index is 0.167. The van der Waals surface area contributed by atoms with Gasteiger partial charge in [0, 0.05) is 21.0 Å². The Bertz CT molecular complexity index is 650. The predicted octanol–water partition coefficient (Wildman–Crippen LogP) is 3.79. The summed E-state index contributed by atoms with van der Waals surface area (Å²) in [7, 11) is 0. The van der Waals surface area contributed by atoms with Crippen molar-refractivity contribution < 1.29 is 23.1 Å².